The van der Waals surface area contributed by atoms with Crippen LogP contribution in [0.3, 0.4) is 0 Å². The van der Waals surface area contributed by atoms with Crippen LogP contribution in [0.5, 0.6) is 0 Å². The third-order valence-electron chi connectivity index (χ3n) is 4.62. The Morgan fingerprint density at radius 1 is 1.00 bits per heavy atom. The first-order valence-corrected chi connectivity index (χ1v) is 8.45. The maximum atomic E-state index is 13.9. The van der Waals surface area contributed by atoms with Gasteiger partial charge in [-0.2, -0.15) is 0 Å². The van der Waals surface area contributed by atoms with Gasteiger partial charge in [0.1, 0.15) is 17.5 Å². The summed E-state index contributed by atoms with van der Waals surface area (Å²) in [5.74, 6) is -2.14. The van der Waals surface area contributed by atoms with Gasteiger partial charge in [-0.05, 0) is 31.2 Å². The van der Waals surface area contributed by atoms with E-state index < -0.39 is 17.7 Å². The van der Waals surface area contributed by atoms with Gasteiger partial charge in [-0.3, -0.25) is 9.69 Å². The van der Waals surface area contributed by atoms with E-state index in [4.69, 9.17) is 0 Å². The van der Waals surface area contributed by atoms with Gasteiger partial charge in [0.2, 0.25) is 5.91 Å². The molecule has 7 heteroatoms. The summed E-state index contributed by atoms with van der Waals surface area (Å²) in [6.45, 7) is 4.06. The maximum absolute atomic E-state index is 13.9. The molecule has 3 rings (SSSR count). The van der Waals surface area contributed by atoms with Crippen LogP contribution in [0.4, 0.5) is 24.5 Å². The zero-order valence-corrected chi connectivity index (χ0v) is 14.4. The quantitative estimate of drug-likeness (QED) is 0.906. The third kappa shape index (κ3) is 3.99. The first-order chi connectivity index (χ1) is 12.5. The zero-order chi connectivity index (χ0) is 18.7. The second-order valence-electron chi connectivity index (χ2n) is 6.26. The van der Waals surface area contributed by atoms with Crippen LogP contribution in [0.25, 0.3) is 0 Å². The Morgan fingerprint density at radius 3 is 2.35 bits per heavy atom. The number of halogens is 3. The van der Waals surface area contributed by atoms with Crippen LogP contribution in [0.1, 0.15) is 6.92 Å². The smallest absolute Gasteiger partial charge is 0.241 e. The second kappa shape index (κ2) is 7.78. The number of carbonyl (C=O) groups is 1. The molecule has 1 amide bonds. The molecule has 2 aromatic carbocycles. The molecule has 1 heterocycles. The number of hydrogen-bond acceptors (Lipinski definition) is 3. The van der Waals surface area contributed by atoms with Crippen molar-refractivity contribution in [1.29, 1.82) is 0 Å². The Labute approximate surface area is 150 Å². The Bertz CT molecular complexity index is 791. The van der Waals surface area contributed by atoms with Gasteiger partial charge < -0.3 is 10.2 Å². The number of amides is 1. The molecular weight excluding hydrogens is 343 g/mol. The van der Waals surface area contributed by atoms with Crippen molar-refractivity contribution >= 4 is 17.3 Å². The fourth-order valence-electron chi connectivity index (χ4n) is 3.05. The van der Waals surface area contributed by atoms with Crippen LogP contribution in [0.15, 0.2) is 42.5 Å². The lowest BCUT2D eigenvalue weighted by Gasteiger charge is -2.38. The summed E-state index contributed by atoms with van der Waals surface area (Å²) < 4.78 is 40.5. The van der Waals surface area contributed by atoms with Crippen molar-refractivity contribution in [3.63, 3.8) is 0 Å². The molecule has 0 aliphatic carbocycles. The van der Waals surface area contributed by atoms with E-state index in [1.54, 1.807) is 25.1 Å². The van der Waals surface area contributed by atoms with E-state index in [1.165, 1.54) is 12.1 Å². The Balaban J connectivity index is 1.58. The van der Waals surface area contributed by atoms with Gasteiger partial charge in [0.25, 0.3) is 0 Å². The minimum absolute atomic E-state index is 0.0479. The first-order valence-electron chi connectivity index (χ1n) is 8.45. The van der Waals surface area contributed by atoms with Crippen LogP contribution in [0, 0.1) is 17.5 Å². The number of rotatable bonds is 4. The van der Waals surface area contributed by atoms with Crippen LogP contribution < -0.4 is 10.2 Å². The summed E-state index contributed by atoms with van der Waals surface area (Å²) in [5.41, 5.74) is 0.505. The lowest BCUT2D eigenvalue weighted by Crippen LogP contribution is -2.53. The van der Waals surface area contributed by atoms with Crippen molar-refractivity contribution < 1.29 is 18.0 Å². The van der Waals surface area contributed by atoms with E-state index in [9.17, 15) is 18.0 Å². The number of carbonyl (C=O) groups excluding carboxylic acids is 1. The molecule has 0 radical (unpaired) electrons. The minimum Gasteiger partial charge on any atom is -0.367 e. The molecule has 0 bridgehead atoms. The fourth-order valence-corrected chi connectivity index (χ4v) is 3.05. The average molecular weight is 363 g/mol. The van der Waals surface area contributed by atoms with Gasteiger partial charge >= 0.3 is 0 Å². The van der Waals surface area contributed by atoms with E-state index in [0.29, 0.717) is 31.9 Å². The van der Waals surface area contributed by atoms with Gasteiger partial charge in [-0.15, -0.1) is 0 Å². The van der Waals surface area contributed by atoms with Crippen molar-refractivity contribution in [2.24, 2.45) is 0 Å². The van der Waals surface area contributed by atoms with Gasteiger partial charge in [0, 0.05) is 32.2 Å². The summed E-state index contributed by atoms with van der Waals surface area (Å²) in [7, 11) is 0. The molecule has 1 aliphatic heterocycles. The lowest BCUT2D eigenvalue weighted by atomic mass is 10.2. The van der Waals surface area contributed by atoms with Crippen molar-refractivity contribution in [2.45, 2.75) is 13.0 Å². The number of anilines is 2. The molecule has 2 aromatic rings. The third-order valence-corrected chi connectivity index (χ3v) is 4.62. The molecule has 0 spiro atoms. The van der Waals surface area contributed by atoms with Gasteiger partial charge in [0.05, 0.1) is 17.4 Å². The van der Waals surface area contributed by atoms with E-state index in [0.717, 1.165) is 12.1 Å². The molecule has 1 fully saturated rings. The standard InChI is InChI=1S/C19H20F3N3O/c1-13(19(26)23-17-7-6-14(20)12-16(17)22)24-8-10-25(11-9-24)18-5-3-2-4-15(18)21/h2-7,12-13H,8-11H2,1H3,(H,23,26)/t13-/m1/s1. The van der Waals surface area contributed by atoms with Crippen LogP contribution in [0.2, 0.25) is 0 Å². The van der Waals surface area contributed by atoms with Crippen LogP contribution in [-0.4, -0.2) is 43.0 Å². The number of para-hydroxylation sites is 1. The van der Waals surface area contributed by atoms with E-state index in [1.807, 2.05) is 9.80 Å². The maximum Gasteiger partial charge on any atom is 0.241 e. The Morgan fingerprint density at radius 2 is 1.69 bits per heavy atom. The lowest BCUT2D eigenvalue weighted by molar-refractivity contribution is -0.120. The largest absolute Gasteiger partial charge is 0.367 e. The summed E-state index contributed by atoms with van der Waals surface area (Å²) in [6.07, 6.45) is 0. The van der Waals surface area contributed by atoms with E-state index in [2.05, 4.69) is 5.32 Å². The van der Waals surface area contributed by atoms with Crippen molar-refractivity contribution in [3.05, 3.63) is 59.9 Å². The summed E-state index contributed by atoms with van der Waals surface area (Å²) in [4.78, 5) is 16.3. The summed E-state index contributed by atoms with van der Waals surface area (Å²) in [5, 5.41) is 2.49. The van der Waals surface area contributed by atoms with E-state index >= 15 is 0 Å². The molecular formula is C19H20F3N3O. The number of benzene rings is 2. The highest BCUT2D eigenvalue weighted by molar-refractivity contribution is 5.94. The Kier molecular flexibility index (Phi) is 5.46. The Hall–Kier alpha value is -2.54. The molecule has 1 atom stereocenters. The molecule has 26 heavy (non-hydrogen) atoms. The summed E-state index contributed by atoms with van der Waals surface area (Å²) in [6, 6.07) is 9.14. The highest BCUT2D eigenvalue weighted by Crippen LogP contribution is 2.21. The first kappa shape index (κ1) is 18.3. The topological polar surface area (TPSA) is 35.6 Å². The predicted molar refractivity (Wildman–Crippen MR) is 94.6 cm³/mol. The molecule has 1 aliphatic rings. The van der Waals surface area contributed by atoms with Gasteiger partial charge in [-0.1, -0.05) is 12.1 Å². The van der Waals surface area contributed by atoms with E-state index in [-0.39, 0.29) is 17.4 Å². The molecule has 1 saturated heterocycles. The highest BCUT2D eigenvalue weighted by Gasteiger charge is 2.27. The molecule has 4 nitrogen and oxygen atoms in total. The van der Waals surface area contributed by atoms with Gasteiger partial charge in [-0.25, -0.2) is 13.2 Å². The highest BCUT2D eigenvalue weighted by atomic mass is 19.1. The number of nitrogens with zero attached hydrogens (tertiary/aromatic N) is 2. The minimum atomic E-state index is -0.810. The molecule has 138 valence electrons. The number of hydrogen-bond donors (Lipinski definition) is 1. The molecule has 1 N–H and O–H groups in total. The molecule has 0 aromatic heterocycles. The normalized spacial score (nSPS) is 16.4. The SMILES string of the molecule is C[C@H](C(=O)Nc1ccc(F)cc1F)N1CCN(c2ccccc2F)CC1. The van der Waals surface area contributed by atoms with Gasteiger partial charge in [0.15, 0.2) is 0 Å². The van der Waals surface area contributed by atoms with Crippen molar-refractivity contribution in [2.75, 3.05) is 36.4 Å². The van der Waals surface area contributed by atoms with Crippen molar-refractivity contribution in [1.82, 2.24) is 4.90 Å². The summed E-state index contributed by atoms with van der Waals surface area (Å²) >= 11 is 0. The molecule has 0 unspecified atom stereocenters. The number of piperazine rings is 1. The zero-order valence-electron chi connectivity index (χ0n) is 14.4. The fraction of sp³-hybridized carbons (Fsp3) is 0.316. The molecule has 0 saturated carbocycles. The predicted octanol–water partition coefficient (Wildman–Crippen LogP) is 3.25. The van der Waals surface area contributed by atoms with Crippen LogP contribution >= 0.6 is 0 Å². The average Bonchev–Trinajstić information content (AvgIpc) is 2.64. The van der Waals surface area contributed by atoms with Crippen molar-refractivity contribution in [3.8, 4) is 0 Å². The number of nitrogens with one attached hydrogen (secondary N) is 1. The van der Waals surface area contributed by atoms with Crippen LogP contribution in [-0.2, 0) is 4.79 Å². The second-order valence-corrected chi connectivity index (χ2v) is 6.26. The monoisotopic (exact) mass is 363 g/mol.